The number of carbonyl (C=O) groups is 2. The highest BCUT2D eigenvalue weighted by Gasteiger charge is 2.26. The van der Waals surface area contributed by atoms with Crippen molar-refractivity contribution < 1.29 is 54.2 Å². The Balaban J connectivity index is 0.000000721. The van der Waals surface area contributed by atoms with Gasteiger partial charge in [0.05, 0.1) is 30.9 Å². The van der Waals surface area contributed by atoms with Gasteiger partial charge in [0.2, 0.25) is 0 Å². The summed E-state index contributed by atoms with van der Waals surface area (Å²) in [5, 5.41) is 16.6. The average molecular weight is 731 g/mol. The molecule has 0 unspecified atom stereocenters. The van der Waals surface area contributed by atoms with Gasteiger partial charge in [-0.3, -0.25) is 0 Å². The van der Waals surface area contributed by atoms with Crippen LogP contribution in [0.1, 0.15) is 46.7 Å². The normalized spacial score (nSPS) is 9.38. The van der Waals surface area contributed by atoms with Crippen LogP contribution in [0, 0.1) is 69.2 Å². The zero-order valence-corrected chi connectivity index (χ0v) is 24.2. The Hall–Kier alpha value is -5.28. The van der Waals surface area contributed by atoms with E-state index in [0.29, 0.717) is 5.56 Å². The minimum absolute atomic E-state index is 0. The summed E-state index contributed by atoms with van der Waals surface area (Å²) in [6, 6.07) is 13.7. The number of nitriles is 2. The SMILES string of the molecule is C.C.COC(=O)c1ccc(-c2c(F)c(F)c(C#N)c(F)c2F)cc1.COC(=O)c1ccc(Br)cc1.N#Cc1c(F)c(F)cc(F)c1F. The summed E-state index contributed by atoms with van der Waals surface area (Å²) in [5.74, 6) is -14.4. The number of benzene rings is 4. The molecule has 0 aromatic heterocycles. The zero-order chi connectivity index (χ0) is 34.0. The molecule has 0 saturated carbocycles. The van der Waals surface area contributed by atoms with Gasteiger partial charge in [-0.25, -0.2) is 44.7 Å². The number of nitrogens with zero attached hydrogens (tertiary/aromatic N) is 2. The fraction of sp³-hybridized carbons (Fsp3) is 0.125. The maximum atomic E-state index is 13.9. The molecule has 0 amide bonds. The summed E-state index contributed by atoms with van der Waals surface area (Å²) in [7, 11) is 2.52. The molecule has 0 fully saturated rings. The minimum atomic E-state index is -1.77. The second kappa shape index (κ2) is 18.6. The van der Waals surface area contributed by atoms with Gasteiger partial charge >= 0.3 is 11.9 Å². The first-order valence-electron chi connectivity index (χ1n) is 11.8. The highest BCUT2D eigenvalue weighted by Crippen LogP contribution is 2.32. The van der Waals surface area contributed by atoms with Crippen LogP contribution in [0.3, 0.4) is 0 Å². The molecular formula is C32H23BrF8N2O4. The van der Waals surface area contributed by atoms with E-state index in [0.717, 1.165) is 35.9 Å². The van der Waals surface area contributed by atoms with Crippen LogP contribution in [0.5, 0.6) is 0 Å². The van der Waals surface area contributed by atoms with Gasteiger partial charge in [-0.15, -0.1) is 0 Å². The molecule has 248 valence electrons. The van der Waals surface area contributed by atoms with Gasteiger partial charge in [0.1, 0.15) is 23.3 Å². The van der Waals surface area contributed by atoms with Crippen molar-refractivity contribution in [2.45, 2.75) is 14.9 Å². The quantitative estimate of drug-likeness (QED) is 0.118. The van der Waals surface area contributed by atoms with Gasteiger partial charge in [-0.05, 0) is 42.0 Å². The van der Waals surface area contributed by atoms with Crippen LogP contribution in [0.2, 0.25) is 0 Å². The highest BCUT2D eigenvalue weighted by atomic mass is 79.9. The van der Waals surface area contributed by atoms with Crippen molar-refractivity contribution in [3.63, 3.8) is 0 Å². The maximum Gasteiger partial charge on any atom is 0.337 e. The minimum Gasteiger partial charge on any atom is -0.465 e. The Labute approximate surface area is 272 Å². The number of rotatable bonds is 3. The number of hydrogen-bond donors (Lipinski definition) is 0. The molecule has 0 bridgehead atoms. The van der Waals surface area contributed by atoms with Crippen LogP contribution >= 0.6 is 15.9 Å². The Kier molecular flexibility index (Phi) is 16.5. The predicted octanol–water partition coefficient (Wildman–Crippen LogP) is 9.19. The van der Waals surface area contributed by atoms with Gasteiger partial charge in [0.15, 0.2) is 46.5 Å². The molecule has 6 nitrogen and oxygen atoms in total. The van der Waals surface area contributed by atoms with E-state index in [4.69, 9.17) is 10.5 Å². The van der Waals surface area contributed by atoms with Gasteiger partial charge in [-0.2, -0.15) is 10.5 Å². The molecule has 0 atom stereocenters. The van der Waals surface area contributed by atoms with Crippen molar-refractivity contribution in [1.29, 1.82) is 10.5 Å². The van der Waals surface area contributed by atoms with Crippen LogP contribution in [0.25, 0.3) is 11.1 Å². The van der Waals surface area contributed by atoms with Crippen molar-refractivity contribution >= 4 is 27.9 Å². The van der Waals surface area contributed by atoms with E-state index in [-0.39, 0.29) is 38.0 Å². The molecule has 4 aromatic rings. The Morgan fingerprint density at radius 3 is 1.28 bits per heavy atom. The molecular weight excluding hydrogens is 708 g/mol. The molecule has 0 radical (unpaired) electrons. The van der Waals surface area contributed by atoms with Crippen molar-refractivity contribution in [1.82, 2.24) is 0 Å². The number of ether oxygens (including phenoxy) is 2. The molecule has 0 heterocycles. The van der Waals surface area contributed by atoms with Gasteiger partial charge < -0.3 is 9.47 Å². The third-order valence-electron chi connectivity index (χ3n) is 5.46. The first kappa shape index (κ1) is 41.7. The van der Waals surface area contributed by atoms with E-state index >= 15 is 0 Å². The summed E-state index contributed by atoms with van der Waals surface area (Å²) in [6.07, 6.45) is 0. The molecule has 0 aliphatic rings. The van der Waals surface area contributed by atoms with Crippen LogP contribution in [-0.4, -0.2) is 26.2 Å². The summed E-state index contributed by atoms with van der Waals surface area (Å²) < 4.78 is 114. The van der Waals surface area contributed by atoms with E-state index in [1.165, 1.54) is 19.2 Å². The van der Waals surface area contributed by atoms with Crippen LogP contribution in [0.15, 0.2) is 59.1 Å². The van der Waals surface area contributed by atoms with Crippen molar-refractivity contribution in [2.24, 2.45) is 0 Å². The second-order valence-corrected chi connectivity index (χ2v) is 9.06. The Bertz CT molecular complexity index is 1770. The molecule has 0 aliphatic heterocycles. The first-order valence-corrected chi connectivity index (χ1v) is 12.5. The third-order valence-corrected chi connectivity index (χ3v) is 5.99. The molecule has 0 saturated heterocycles. The fourth-order valence-electron chi connectivity index (χ4n) is 3.25. The van der Waals surface area contributed by atoms with Crippen LogP contribution < -0.4 is 0 Å². The summed E-state index contributed by atoms with van der Waals surface area (Å²) in [4.78, 5) is 22.1. The fourth-order valence-corrected chi connectivity index (χ4v) is 3.51. The lowest BCUT2D eigenvalue weighted by atomic mass is 10.00. The summed E-state index contributed by atoms with van der Waals surface area (Å²) >= 11 is 3.26. The van der Waals surface area contributed by atoms with E-state index < -0.39 is 69.2 Å². The standard InChI is InChI=1S/C15H7F4NO2.C8H7BrO2.C7HF4N.2CH4/c1-22-15(21)8-4-2-7(3-5-8)10-13(18)11(16)9(6-20)12(17)14(10)19;1-11-8(10)6-2-4-7(9)5-3-6;8-4-1-5(9)7(11)3(2-12)6(4)10;;/h2-5H,1H3;2-5H,1H3;1H;2*1H4. The van der Waals surface area contributed by atoms with E-state index in [1.54, 1.807) is 24.3 Å². The Morgan fingerprint density at radius 2 is 0.936 bits per heavy atom. The summed E-state index contributed by atoms with van der Waals surface area (Å²) in [5.41, 5.74) is -3.05. The molecule has 4 aromatic carbocycles. The molecule has 0 spiro atoms. The number of hydrogen-bond acceptors (Lipinski definition) is 6. The van der Waals surface area contributed by atoms with E-state index in [9.17, 15) is 44.7 Å². The lowest BCUT2D eigenvalue weighted by molar-refractivity contribution is 0.0592. The number of halogens is 9. The van der Waals surface area contributed by atoms with Crippen molar-refractivity contribution in [3.05, 3.63) is 128 Å². The topological polar surface area (TPSA) is 100 Å². The van der Waals surface area contributed by atoms with Crippen molar-refractivity contribution in [2.75, 3.05) is 14.2 Å². The van der Waals surface area contributed by atoms with Gasteiger partial charge in [-0.1, -0.05) is 42.9 Å². The predicted molar refractivity (Wildman–Crippen MR) is 158 cm³/mol. The lowest BCUT2D eigenvalue weighted by Crippen LogP contribution is -2.04. The monoisotopic (exact) mass is 730 g/mol. The zero-order valence-electron chi connectivity index (χ0n) is 22.6. The second-order valence-electron chi connectivity index (χ2n) is 8.14. The van der Waals surface area contributed by atoms with Crippen molar-refractivity contribution in [3.8, 4) is 23.3 Å². The van der Waals surface area contributed by atoms with E-state index in [2.05, 4.69) is 25.4 Å². The average Bonchev–Trinajstić information content (AvgIpc) is 3.04. The molecule has 47 heavy (non-hydrogen) atoms. The van der Waals surface area contributed by atoms with Crippen LogP contribution in [0.4, 0.5) is 35.1 Å². The molecule has 0 aliphatic carbocycles. The van der Waals surface area contributed by atoms with E-state index in [1.807, 2.05) is 0 Å². The number of methoxy groups -OCH3 is 2. The lowest BCUT2D eigenvalue weighted by Gasteiger charge is -2.09. The maximum absolute atomic E-state index is 13.9. The largest absolute Gasteiger partial charge is 0.465 e. The highest BCUT2D eigenvalue weighted by molar-refractivity contribution is 9.10. The summed E-state index contributed by atoms with van der Waals surface area (Å²) in [6.45, 7) is 0. The molecule has 4 rings (SSSR count). The van der Waals surface area contributed by atoms with Crippen LogP contribution in [-0.2, 0) is 9.47 Å². The first-order chi connectivity index (χ1) is 21.2. The van der Waals surface area contributed by atoms with Gasteiger partial charge in [0, 0.05) is 10.5 Å². The Morgan fingerprint density at radius 1 is 0.596 bits per heavy atom. The number of carbonyl (C=O) groups excluding carboxylic acids is 2. The third kappa shape index (κ3) is 9.85. The molecule has 0 N–H and O–H groups in total. The van der Waals surface area contributed by atoms with Gasteiger partial charge in [0.25, 0.3) is 0 Å². The smallest absolute Gasteiger partial charge is 0.337 e. The number of esters is 2. The molecule has 15 heteroatoms.